The molecule has 0 atom stereocenters. The van der Waals surface area contributed by atoms with Crippen LogP contribution in [0.2, 0.25) is 0 Å². The van der Waals surface area contributed by atoms with Crippen molar-refractivity contribution < 1.29 is 13.5 Å². The van der Waals surface area contributed by atoms with Gasteiger partial charge in [-0.1, -0.05) is 19.8 Å². The molecule has 0 aromatic carbocycles. The van der Waals surface area contributed by atoms with Crippen LogP contribution >= 0.6 is 0 Å². The van der Waals surface area contributed by atoms with Crippen molar-refractivity contribution in [2.75, 3.05) is 32.8 Å². The highest BCUT2D eigenvalue weighted by atomic mass is 32.2. The van der Waals surface area contributed by atoms with E-state index < -0.39 is 10.2 Å². The summed E-state index contributed by atoms with van der Waals surface area (Å²) in [5.41, 5.74) is 0. The number of nitrogens with zero attached hydrogens (tertiary/aromatic N) is 2. The van der Waals surface area contributed by atoms with Crippen LogP contribution in [-0.4, -0.2) is 54.9 Å². The van der Waals surface area contributed by atoms with Gasteiger partial charge in [-0.3, -0.25) is 0 Å². The zero-order valence-corrected chi connectivity index (χ0v) is 11.5. The molecular weight excluding hydrogens is 240 g/mol. The third-order valence-corrected chi connectivity index (χ3v) is 5.08. The number of hydrogen-bond donors (Lipinski definition) is 1. The van der Waals surface area contributed by atoms with E-state index in [1.165, 1.54) is 4.31 Å². The lowest BCUT2D eigenvalue weighted by Gasteiger charge is -2.28. The Morgan fingerprint density at radius 2 is 1.71 bits per heavy atom. The second-order valence-corrected chi connectivity index (χ2v) is 6.37. The minimum atomic E-state index is -3.37. The third-order valence-electron chi connectivity index (χ3n) is 3.04. The predicted molar refractivity (Wildman–Crippen MR) is 67.9 cm³/mol. The smallest absolute Gasteiger partial charge is 0.282 e. The maximum Gasteiger partial charge on any atom is 0.282 e. The predicted octanol–water partition coefficient (Wildman–Crippen LogP) is 0.811. The Morgan fingerprint density at radius 1 is 1.12 bits per heavy atom. The van der Waals surface area contributed by atoms with Gasteiger partial charge in [0.1, 0.15) is 0 Å². The summed E-state index contributed by atoms with van der Waals surface area (Å²) in [6, 6.07) is 0. The van der Waals surface area contributed by atoms with Gasteiger partial charge in [-0.2, -0.15) is 17.0 Å². The zero-order chi connectivity index (χ0) is 12.7. The summed E-state index contributed by atoms with van der Waals surface area (Å²) < 4.78 is 27.7. The van der Waals surface area contributed by atoms with E-state index in [9.17, 15) is 8.42 Å². The lowest BCUT2D eigenvalue weighted by atomic mass is 10.2. The van der Waals surface area contributed by atoms with E-state index in [0.717, 1.165) is 32.1 Å². The molecule has 17 heavy (non-hydrogen) atoms. The normalized spacial score (nSPS) is 19.5. The summed E-state index contributed by atoms with van der Waals surface area (Å²) in [4.78, 5) is 0. The first kappa shape index (κ1) is 14.9. The van der Waals surface area contributed by atoms with Gasteiger partial charge in [0.25, 0.3) is 10.2 Å². The number of aliphatic hydroxyl groups is 1. The van der Waals surface area contributed by atoms with Crippen molar-refractivity contribution in [3.05, 3.63) is 0 Å². The highest BCUT2D eigenvalue weighted by molar-refractivity contribution is 7.86. The third kappa shape index (κ3) is 4.21. The second-order valence-electron chi connectivity index (χ2n) is 4.44. The Morgan fingerprint density at radius 3 is 2.18 bits per heavy atom. The SMILES string of the molecule is CCCN(CCO)S(=O)(=O)N1CCCCCC1. The molecule has 0 saturated carbocycles. The van der Waals surface area contributed by atoms with E-state index in [1.807, 2.05) is 6.92 Å². The lowest BCUT2D eigenvalue weighted by molar-refractivity contribution is 0.243. The van der Waals surface area contributed by atoms with Crippen molar-refractivity contribution in [3.63, 3.8) is 0 Å². The van der Waals surface area contributed by atoms with Crippen molar-refractivity contribution in [2.45, 2.75) is 39.0 Å². The number of rotatable bonds is 6. The molecule has 0 bridgehead atoms. The lowest BCUT2D eigenvalue weighted by Crippen LogP contribution is -2.45. The van der Waals surface area contributed by atoms with Gasteiger partial charge >= 0.3 is 0 Å². The van der Waals surface area contributed by atoms with Gasteiger partial charge in [-0.05, 0) is 19.3 Å². The summed E-state index contributed by atoms with van der Waals surface area (Å²) in [7, 11) is -3.37. The van der Waals surface area contributed by atoms with Crippen molar-refractivity contribution >= 4 is 10.2 Å². The Kier molecular flexibility index (Phi) is 6.40. The van der Waals surface area contributed by atoms with Gasteiger partial charge in [0.05, 0.1) is 6.61 Å². The first-order valence-electron chi connectivity index (χ1n) is 6.49. The largest absolute Gasteiger partial charge is 0.395 e. The van der Waals surface area contributed by atoms with E-state index in [-0.39, 0.29) is 13.2 Å². The van der Waals surface area contributed by atoms with Crippen molar-refractivity contribution in [3.8, 4) is 0 Å². The molecule has 0 unspecified atom stereocenters. The average molecular weight is 264 g/mol. The van der Waals surface area contributed by atoms with Crippen LogP contribution in [0.25, 0.3) is 0 Å². The molecule has 102 valence electrons. The minimum absolute atomic E-state index is 0.118. The molecule has 0 aromatic rings. The van der Waals surface area contributed by atoms with Crippen LogP contribution in [0.3, 0.4) is 0 Å². The van der Waals surface area contributed by atoms with Crippen LogP contribution in [0.5, 0.6) is 0 Å². The Bertz CT molecular complexity index is 284. The molecule has 1 N–H and O–H groups in total. The van der Waals surface area contributed by atoms with E-state index >= 15 is 0 Å². The Hall–Kier alpha value is -0.170. The van der Waals surface area contributed by atoms with Gasteiger partial charge in [-0.25, -0.2) is 0 Å². The molecule has 0 aromatic heterocycles. The minimum Gasteiger partial charge on any atom is -0.395 e. The molecular formula is C11H24N2O3S. The van der Waals surface area contributed by atoms with Gasteiger partial charge in [0.2, 0.25) is 0 Å². The highest BCUT2D eigenvalue weighted by Crippen LogP contribution is 2.16. The fourth-order valence-electron chi connectivity index (χ4n) is 2.14. The summed E-state index contributed by atoms with van der Waals surface area (Å²) >= 11 is 0. The molecule has 0 spiro atoms. The highest BCUT2D eigenvalue weighted by Gasteiger charge is 2.28. The first-order valence-corrected chi connectivity index (χ1v) is 7.88. The Labute approximate surface area is 105 Å². The van der Waals surface area contributed by atoms with E-state index in [2.05, 4.69) is 0 Å². The van der Waals surface area contributed by atoms with Crippen LogP contribution in [-0.2, 0) is 10.2 Å². The molecule has 1 aliphatic heterocycles. The number of hydrogen-bond acceptors (Lipinski definition) is 3. The van der Waals surface area contributed by atoms with Gasteiger partial charge in [-0.15, -0.1) is 0 Å². The molecule has 1 saturated heterocycles. The fraction of sp³-hybridized carbons (Fsp3) is 1.00. The van der Waals surface area contributed by atoms with Gasteiger partial charge in [0.15, 0.2) is 0 Å². The first-order chi connectivity index (χ1) is 8.12. The topological polar surface area (TPSA) is 60.9 Å². The quantitative estimate of drug-likeness (QED) is 0.772. The van der Waals surface area contributed by atoms with Crippen LogP contribution in [0, 0.1) is 0 Å². The molecule has 6 heteroatoms. The van der Waals surface area contributed by atoms with Crippen LogP contribution in [0.4, 0.5) is 0 Å². The van der Waals surface area contributed by atoms with Gasteiger partial charge < -0.3 is 5.11 Å². The maximum atomic E-state index is 12.4. The molecule has 1 rings (SSSR count). The summed E-state index contributed by atoms with van der Waals surface area (Å²) in [6.45, 7) is 3.75. The van der Waals surface area contributed by atoms with Gasteiger partial charge in [0, 0.05) is 26.2 Å². The van der Waals surface area contributed by atoms with Crippen molar-refractivity contribution in [1.29, 1.82) is 0 Å². The maximum absolute atomic E-state index is 12.4. The van der Waals surface area contributed by atoms with E-state index in [0.29, 0.717) is 19.6 Å². The fourth-order valence-corrected chi connectivity index (χ4v) is 3.91. The van der Waals surface area contributed by atoms with Crippen LogP contribution < -0.4 is 0 Å². The van der Waals surface area contributed by atoms with Crippen molar-refractivity contribution in [2.24, 2.45) is 0 Å². The van der Waals surface area contributed by atoms with E-state index in [1.54, 1.807) is 4.31 Å². The molecule has 0 radical (unpaired) electrons. The van der Waals surface area contributed by atoms with Crippen molar-refractivity contribution in [1.82, 2.24) is 8.61 Å². The van der Waals surface area contributed by atoms with E-state index in [4.69, 9.17) is 5.11 Å². The number of aliphatic hydroxyl groups excluding tert-OH is 1. The molecule has 1 heterocycles. The Balaban J connectivity index is 2.74. The molecule has 0 amide bonds. The van der Waals surface area contributed by atoms with Crippen LogP contribution in [0.15, 0.2) is 0 Å². The molecule has 1 aliphatic rings. The molecule has 1 fully saturated rings. The summed E-state index contributed by atoms with van der Waals surface area (Å²) in [5.74, 6) is 0. The standard InChI is InChI=1S/C11H24N2O3S/c1-2-7-12(10-11-14)17(15,16)13-8-5-3-4-6-9-13/h14H,2-11H2,1H3. The van der Waals surface area contributed by atoms with Crippen LogP contribution in [0.1, 0.15) is 39.0 Å². The second kappa shape index (κ2) is 7.31. The summed E-state index contributed by atoms with van der Waals surface area (Å²) in [6.07, 6.45) is 4.88. The average Bonchev–Trinajstić information content (AvgIpc) is 2.57. The summed E-state index contributed by atoms with van der Waals surface area (Å²) in [5, 5.41) is 8.96. The molecule has 0 aliphatic carbocycles. The zero-order valence-electron chi connectivity index (χ0n) is 10.6. The molecule has 5 nitrogen and oxygen atoms in total. The monoisotopic (exact) mass is 264 g/mol.